The highest BCUT2D eigenvalue weighted by molar-refractivity contribution is 7.86. The Morgan fingerprint density at radius 3 is 1.59 bits per heavy atom. The molecule has 4 aromatic carbocycles. The van der Waals surface area contributed by atoms with Crippen molar-refractivity contribution in [1.29, 1.82) is 0 Å². The number of benzene rings is 4. The Hall–Kier alpha value is -3.48. The van der Waals surface area contributed by atoms with E-state index in [-0.39, 0.29) is 10.7 Å². The van der Waals surface area contributed by atoms with Gasteiger partial charge in [-0.25, -0.2) is 0 Å². The Morgan fingerprint density at radius 2 is 1.07 bits per heavy atom. The molecule has 0 aliphatic heterocycles. The Bertz CT molecular complexity index is 1310. The summed E-state index contributed by atoms with van der Waals surface area (Å²) in [5.41, 5.74) is 9.96. The number of carbonyl (C=O) groups excluding carboxylic acids is 1. The summed E-state index contributed by atoms with van der Waals surface area (Å²) in [6.07, 6.45) is 0. The van der Waals surface area contributed by atoms with Gasteiger partial charge in [0.1, 0.15) is 4.90 Å². The van der Waals surface area contributed by atoms with Crippen LogP contribution in [0.4, 0.5) is 5.69 Å². The van der Waals surface area contributed by atoms with E-state index in [0.717, 1.165) is 22.3 Å². The van der Waals surface area contributed by atoms with Gasteiger partial charge in [0, 0.05) is 27.6 Å². The van der Waals surface area contributed by atoms with Crippen LogP contribution in [0.5, 0.6) is 0 Å². The smallest absolute Gasteiger partial charge is 0.295 e. The van der Waals surface area contributed by atoms with Crippen LogP contribution < -0.4 is 5.73 Å². The summed E-state index contributed by atoms with van der Waals surface area (Å²) in [6, 6.07) is 25.0. The van der Waals surface area contributed by atoms with Gasteiger partial charge in [-0.2, -0.15) is 8.42 Å². The maximum absolute atomic E-state index is 11.9. The van der Waals surface area contributed by atoms with Crippen molar-refractivity contribution in [2.45, 2.75) is 4.90 Å². The van der Waals surface area contributed by atoms with Crippen molar-refractivity contribution in [3.8, 4) is 11.1 Å². The zero-order chi connectivity index (χ0) is 20.6. The summed E-state index contributed by atoms with van der Waals surface area (Å²) >= 11 is 0. The molecule has 0 bridgehead atoms. The molecule has 0 radical (unpaired) electrons. The highest BCUT2D eigenvalue weighted by Crippen LogP contribution is 2.35. The van der Waals surface area contributed by atoms with Gasteiger partial charge in [-0.1, -0.05) is 72.8 Å². The summed E-state index contributed by atoms with van der Waals surface area (Å²) in [7, 11) is -4.20. The number of carbonyl (C=O) groups is 1. The molecular formula is C23H17NO4S. The maximum atomic E-state index is 11.9. The minimum Gasteiger partial charge on any atom is -0.398 e. The van der Waals surface area contributed by atoms with Crippen LogP contribution in [0.25, 0.3) is 21.9 Å². The third-order valence-electron chi connectivity index (χ3n) is 4.83. The summed E-state index contributed by atoms with van der Waals surface area (Å²) < 4.78 is 31.2. The molecule has 0 heterocycles. The summed E-state index contributed by atoms with van der Waals surface area (Å²) in [6.45, 7) is 0. The van der Waals surface area contributed by atoms with Crippen LogP contribution in [0.1, 0.15) is 15.9 Å². The summed E-state index contributed by atoms with van der Waals surface area (Å²) in [4.78, 5) is 11.8. The predicted octanol–water partition coefficient (Wildman–Crippen LogP) is 4.57. The van der Waals surface area contributed by atoms with Crippen molar-refractivity contribution in [1.82, 2.24) is 0 Å². The zero-order valence-corrected chi connectivity index (χ0v) is 16.1. The van der Waals surface area contributed by atoms with Gasteiger partial charge in [-0.05, 0) is 23.3 Å². The quantitative estimate of drug-likeness (QED) is 0.316. The van der Waals surface area contributed by atoms with Crippen molar-refractivity contribution >= 4 is 32.4 Å². The van der Waals surface area contributed by atoms with Gasteiger partial charge in [-0.15, -0.1) is 0 Å². The lowest BCUT2D eigenvalue weighted by molar-refractivity contribution is 0.104. The van der Waals surface area contributed by atoms with Gasteiger partial charge in [0.15, 0.2) is 5.78 Å². The average Bonchev–Trinajstić information content (AvgIpc) is 3.01. The summed E-state index contributed by atoms with van der Waals surface area (Å²) in [5.74, 6) is 0.149. The van der Waals surface area contributed by atoms with Crippen molar-refractivity contribution < 1.29 is 17.8 Å². The Labute approximate surface area is 168 Å². The van der Waals surface area contributed by atoms with Crippen LogP contribution >= 0.6 is 0 Å². The third-order valence-corrected chi connectivity index (χ3v) is 5.74. The Morgan fingerprint density at radius 1 is 0.621 bits per heavy atom. The number of hydrogen-bond donors (Lipinski definition) is 2. The van der Waals surface area contributed by atoms with Gasteiger partial charge < -0.3 is 5.73 Å². The van der Waals surface area contributed by atoms with Crippen LogP contribution in [-0.2, 0) is 10.1 Å². The minimum absolute atomic E-state index is 0.118. The average molecular weight is 403 g/mol. The second-order valence-corrected chi connectivity index (χ2v) is 7.98. The molecule has 0 fully saturated rings. The normalized spacial score (nSPS) is 12.1. The number of nitrogen functional groups attached to an aromatic ring is 1. The second kappa shape index (κ2) is 7.16. The van der Waals surface area contributed by atoms with Crippen LogP contribution in [0.3, 0.4) is 0 Å². The minimum atomic E-state index is -4.20. The van der Waals surface area contributed by atoms with Gasteiger partial charge in [-0.3, -0.25) is 9.35 Å². The first kappa shape index (κ1) is 18.9. The predicted molar refractivity (Wildman–Crippen MR) is 113 cm³/mol. The molecule has 0 saturated heterocycles. The van der Waals surface area contributed by atoms with Gasteiger partial charge in [0.2, 0.25) is 0 Å². The fraction of sp³-hybridized carbons (Fsp3) is 0. The van der Waals surface area contributed by atoms with Crippen LogP contribution in [0, 0.1) is 0 Å². The monoisotopic (exact) mass is 403 g/mol. The molecule has 5 nitrogen and oxygen atoms in total. The van der Waals surface area contributed by atoms with Crippen molar-refractivity contribution in [3.63, 3.8) is 0 Å². The molecule has 0 atom stereocenters. The molecule has 1 aliphatic rings. The molecular weight excluding hydrogens is 386 g/mol. The van der Waals surface area contributed by atoms with Crippen molar-refractivity contribution in [3.05, 3.63) is 96.1 Å². The van der Waals surface area contributed by atoms with E-state index in [1.54, 1.807) is 24.3 Å². The number of ketones is 1. The maximum Gasteiger partial charge on any atom is 0.295 e. The fourth-order valence-corrected chi connectivity index (χ4v) is 4.19. The molecule has 0 amide bonds. The first-order valence-electron chi connectivity index (χ1n) is 8.86. The van der Waals surface area contributed by atoms with Crippen LogP contribution in [0.2, 0.25) is 0 Å². The largest absolute Gasteiger partial charge is 0.398 e. The first-order valence-corrected chi connectivity index (χ1v) is 10.3. The van der Waals surface area contributed by atoms with E-state index in [1.165, 1.54) is 12.1 Å². The molecule has 29 heavy (non-hydrogen) atoms. The fourth-order valence-electron chi connectivity index (χ4n) is 3.50. The SMILES string of the molecule is Nc1ccc(S(=O)(=O)O)c2ccccc12.O=C1c2ccccc2-c2ccccc21. The zero-order valence-electron chi connectivity index (χ0n) is 15.2. The van der Waals surface area contributed by atoms with Gasteiger partial charge >= 0.3 is 0 Å². The van der Waals surface area contributed by atoms with E-state index in [4.69, 9.17) is 10.3 Å². The van der Waals surface area contributed by atoms with Crippen LogP contribution in [0.15, 0.2) is 89.8 Å². The highest BCUT2D eigenvalue weighted by atomic mass is 32.2. The van der Waals surface area contributed by atoms with E-state index in [1.807, 2.05) is 48.5 Å². The number of fused-ring (bicyclic) bond motifs is 4. The van der Waals surface area contributed by atoms with Crippen molar-refractivity contribution in [2.24, 2.45) is 0 Å². The van der Waals surface area contributed by atoms with Gasteiger partial charge in [0.05, 0.1) is 0 Å². The third kappa shape index (κ3) is 3.40. The molecule has 144 valence electrons. The molecule has 0 spiro atoms. The lowest BCUT2D eigenvalue weighted by Gasteiger charge is -2.05. The lowest BCUT2D eigenvalue weighted by Crippen LogP contribution is -2.00. The van der Waals surface area contributed by atoms with Crippen molar-refractivity contribution in [2.75, 3.05) is 5.73 Å². The first-order chi connectivity index (χ1) is 13.9. The van der Waals surface area contributed by atoms with Crippen LogP contribution in [-0.4, -0.2) is 18.8 Å². The molecule has 6 heteroatoms. The Kier molecular flexibility index (Phi) is 4.66. The lowest BCUT2D eigenvalue weighted by atomic mass is 10.1. The van der Waals surface area contributed by atoms with E-state index in [0.29, 0.717) is 16.5 Å². The molecule has 5 rings (SSSR count). The molecule has 3 N–H and O–H groups in total. The molecule has 0 aromatic heterocycles. The molecule has 1 aliphatic carbocycles. The number of rotatable bonds is 1. The molecule has 0 saturated carbocycles. The number of anilines is 1. The van der Waals surface area contributed by atoms with E-state index < -0.39 is 10.1 Å². The van der Waals surface area contributed by atoms with E-state index >= 15 is 0 Å². The van der Waals surface area contributed by atoms with E-state index in [9.17, 15) is 13.2 Å². The highest BCUT2D eigenvalue weighted by Gasteiger charge is 2.24. The molecule has 4 aromatic rings. The topological polar surface area (TPSA) is 97.5 Å². The second-order valence-electron chi connectivity index (χ2n) is 6.59. The molecule has 0 unspecified atom stereocenters. The summed E-state index contributed by atoms with van der Waals surface area (Å²) in [5, 5.41) is 1.05. The Balaban J connectivity index is 0.000000141. The van der Waals surface area contributed by atoms with Gasteiger partial charge in [0.25, 0.3) is 10.1 Å². The van der Waals surface area contributed by atoms with E-state index in [2.05, 4.69) is 0 Å². The number of hydrogen-bond acceptors (Lipinski definition) is 4. The standard InChI is InChI=1S/C13H8O.C10H9NO3S/c14-13-11-7-3-1-5-9(11)10-6-2-4-8-12(10)13;11-9-5-6-10(15(12,13)14)8-4-2-1-3-7(8)9/h1-8H;1-6H,11H2,(H,12,13,14). The number of nitrogens with two attached hydrogens (primary N) is 1.